The molecule has 72 valence electrons. The molecular weight excluding hydrogens is 144 g/mol. The Bertz CT molecular complexity index is 115. The summed E-state index contributed by atoms with van der Waals surface area (Å²) in [5, 5.41) is 0. The van der Waals surface area contributed by atoms with Crippen LogP contribution < -0.4 is 0 Å². The Morgan fingerprint density at radius 1 is 1.08 bits per heavy atom. The Hall–Kier alpha value is 0. The first-order valence-electron chi connectivity index (χ1n) is 5.75. The molecule has 12 heavy (non-hydrogen) atoms. The highest BCUT2D eigenvalue weighted by atomic mass is 14.3. The van der Waals surface area contributed by atoms with Gasteiger partial charge in [-0.2, -0.15) is 0 Å². The van der Waals surface area contributed by atoms with Gasteiger partial charge in [-0.25, -0.2) is 0 Å². The lowest BCUT2D eigenvalue weighted by atomic mass is 9.79. The minimum Gasteiger partial charge on any atom is -0.0651 e. The standard InChI is InChI=1S/C12H24/c1-4-11-8-6-5-7-9-12(11)10(2)3/h10-12H,4-9H2,1-3H3. The highest BCUT2D eigenvalue weighted by Crippen LogP contribution is 2.35. The summed E-state index contributed by atoms with van der Waals surface area (Å²) in [6.45, 7) is 7.17. The molecule has 1 saturated carbocycles. The van der Waals surface area contributed by atoms with Crippen molar-refractivity contribution >= 4 is 0 Å². The van der Waals surface area contributed by atoms with E-state index in [1.165, 1.54) is 38.5 Å². The Kier molecular flexibility index (Phi) is 4.11. The highest BCUT2D eigenvalue weighted by Gasteiger charge is 2.24. The van der Waals surface area contributed by atoms with Gasteiger partial charge in [0.15, 0.2) is 0 Å². The number of hydrogen-bond donors (Lipinski definition) is 0. The van der Waals surface area contributed by atoms with E-state index in [1.54, 1.807) is 0 Å². The summed E-state index contributed by atoms with van der Waals surface area (Å²) in [4.78, 5) is 0. The lowest BCUT2D eigenvalue weighted by Crippen LogP contribution is -2.18. The molecule has 1 rings (SSSR count). The van der Waals surface area contributed by atoms with Gasteiger partial charge in [-0.15, -0.1) is 0 Å². The molecule has 0 heteroatoms. The van der Waals surface area contributed by atoms with Crippen molar-refractivity contribution in [3.05, 3.63) is 0 Å². The third kappa shape index (κ3) is 2.50. The Balaban J connectivity index is 2.51. The van der Waals surface area contributed by atoms with Gasteiger partial charge in [0.1, 0.15) is 0 Å². The number of hydrogen-bond acceptors (Lipinski definition) is 0. The maximum absolute atomic E-state index is 2.40. The zero-order valence-electron chi connectivity index (χ0n) is 8.97. The van der Waals surface area contributed by atoms with Crippen molar-refractivity contribution in [1.29, 1.82) is 0 Å². The van der Waals surface area contributed by atoms with E-state index in [2.05, 4.69) is 20.8 Å². The van der Waals surface area contributed by atoms with Crippen LogP contribution in [0.15, 0.2) is 0 Å². The third-order valence-electron chi connectivity index (χ3n) is 3.60. The summed E-state index contributed by atoms with van der Waals surface area (Å²) in [6.07, 6.45) is 8.86. The Labute approximate surface area is 77.7 Å². The first-order chi connectivity index (χ1) is 5.75. The van der Waals surface area contributed by atoms with Crippen LogP contribution >= 0.6 is 0 Å². The smallest absolute Gasteiger partial charge is 0.0363 e. The minimum absolute atomic E-state index is 0.910. The fourth-order valence-electron chi connectivity index (χ4n) is 2.80. The topological polar surface area (TPSA) is 0 Å². The second-order valence-corrected chi connectivity index (χ2v) is 4.71. The molecule has 0 saturated heterocycles. The van der Waals surface area contributed by atoms with E-state index in [1.807, 2.05) is 0 Å². The van der Waals surface area contributed by atoms with Gasteiger partial charge >= 0.3 is 0 Å². The van der Waals surface area contributed by atoms with Gasteiger partial charge in [0.2, 0.25) is 0 Å². The average molecular weight is 168 g/mol. The van der Waals surface area contributed by atoms with Crippen LogP contribution in [0, 0.1) is 17.8 Å². The molecule has 0 N–H and O–H groups in total. The molecule has 0 aromatic carbocycles. The fraction of sp³-hybridized carbons (Fsp3) is 1.00. The molecule has 0 nitrogen and oxygen atoms in total. The van der Waals surface area contributed by atoms with Gasteiger partial charge in [0.05, 0.1) is 0 Å². The van der Waals surface area contributed by atoms with E-state index in [9.17, 15) is 0 Å². The summed E-state index contributed by atoms with van der Waals surface area (Å²) >= 11 is 0. The van der Waals surface area contributed by atoms with Crippen LogP contribution in [-0.2, 0) is 0 Å². The molecule has 0 amide bonds. The van der Waals surface area contributed by atoms with Gasteiger partial charge in [0.25, 0.3) is 0 Å². The van der Waals surface area contributed by atoms with E-state index in [0.717, 1.165) is 17.8 Å². The van der Waals surface area contributed by atoms with E-state index in [0.29, 0.717) is 0 Å². The highest BCUT2D eigenvalue weighted by molar-refractivity contribution is 4.75. The van der Waals surface area contributed by atoms with Gasteiger partial charge in [-0.1, -0.05) is 52.9 Å². The lowest BCUT2D eigenvalue weighted by molar-refractivity contribution is 0.232. The normalized spacial score (nSPS) is 32.0. The van der Waals surface area contributed by atoms with Crippen molar-refractivity contribution in [3.63, 3.8) is 0 Å². The van der Waals surface area contributed by atoms with E-state index in [4.69, 9.17) is 0 Å². The number of rotatable bonds is 2. The van der Waals surface area contributed by atoms with Crippen molar-refractivity contribution < 1.29 is 0 Å². The Morgan fingerprint density at radius 3 is 2.33 bits per heavy atom. The van der Waals surface area contributed by atoms with Crippen LogP contribution in [0.3, 0.4) is 0 Å². The fourth-order valence-corrected chi connectivity index (χ4v) is 2.80. The maximum Gasteiger partial charge on any atom is -0.0363 e. The SMILES string of the molecule is CCC1CCCCCC1C(C)C. The summed E-state index contributed by atoms with van der Waals surface area (Å²) in [6, 6.07) is 0. The molecular formula is C12H24. The summed E-state index contributed by atoms with van der Waals surface area (Å²) in [5.74, 6) is 2.97. The molecule has 2 atom stereocenters. The second kappa shape index (κ2) is 4.89. The van der Waals surface area contributed by atoms with E-state index in [-0.39, 0.29) is 0 Å². The molecule has 1 fully saturated rings. The first kappa shape index (κ1) is 10.1. The van der Waals surface area contributed by atoms with Gasteiger partial charge in [-0.05, 0) is 24.2 Å². The summed E-state index contributed by atoms with van der Waals surface area (Å²) in [5.41, 5.74) is 0. The van der Waals surface area contributed by atoms with Crippen LogP contribution in [0.2, 0.25) is 0 Å². The largest absolute Gasteiger partial charge is 0.0651 e. The van der Waals surface area contributed by atoms with Gasteiger partial charge < -0.3 is 0 Å². The van der Waals surface area contributed by atoms with Crippen LogP contribution in [0.25, 0.3) is 0 Å². The third-order valence-corrected chi connectivity index (χ3v) is 3.60. The van der Waals surface area contributed by atoms with Crippen molar-refractivity contribution in [2.24, 2.45) is 17.8 Å². The van der Waals surface area contributed by atoms with E-state index >= 15 is 0 Å². The molecule has 0 spiro atoms. The molecule has 0 aliphatic heterocycles. The van der Waals surface area contributed by atoms with Crippen LogP contribution in [-0.4, -0.2) is 0 Å². The Morgan fingerprint density at radius 2 is 1.75 bits per heavy atom. The molecule has 1 aliphatic carbocycles. The van der Waals surface area contributed by atoms with Gasteiger partial charge in [-0.3, -0.25) is 0 Å². The van der Waals surface area contributed by atoms with Crippen LogP contribution in [0.1, 0.15) is 59.3 Å². The molecule has 2 unspecified atom stereocenters. The monoisotopic (exact) mass is 168 g/mol. The van der Waals surface area contributed by atoms with Gasteiger partial charge in [0, 0.05) is 0 Å². The zero-order valence-corrected chi connectivity index (χ0v) is 8.97. The van der Waals surface area contributed by atoms with Crippen LogP contribution in [0.4, 0.5) is 0 Å². The average Bonchev–Trinajstić information content (AvgIpc) is 2.27. The predicted molar refractivity (Wildman–Crippen MR) is 55.2 cm³/mol. The molecule has 0 aromatic heterocycles. The zero-order chi connectivity index (χ0) is 8.97. The molecule has 0 bridgehead atoms. The lowest BCUT2D eigenvalue weighted by Gasteiger charge is -2.27. The second-order valence-electron chi connectivity index (χ2n) is 4.71. The minimum atomic E-state index is 0.910. The van der Waals surface area contributed by atoms with Crippen molar-refractivity contribution in [2.45, 2.75) is 59.3 Å². The predicted octanol–water partition coefficient (Wildman–Crippen LogP) is 4.25. The van der Waals surface area contributed by atoms with Crippen molar-refractivity contribution in [3.8, 4) is 0 Å². The molecule has 0 aromatic rings. The quantitative estimate of drug-likeness (QED) is 0.541. The maximum atomic E-state index is 2.40. The molecule has 0 radical (unpaired) electrons. The van der Waals surface area contributed by atoms with E-state index < -0.39 is 0 Å². The van der Waals surface area contributed by atoms with Crippen LogP contribution in [0.5, 0.6) is 0 Å². The first-order valence-corrected chi connectivity index (χ1v) is 5.75. The van der Waals surface area contributed by atoms with Crippen molar-refractivity contribution in [2.75, 3.05) is 0 Å². The van der Waals surface area contributed by atoms with Crippen molar-refractivity contribution in [1.82, 2.24) is 0 Å². The summed E-state index contributed by atoms with van der Waals surface area (Å²) < 4.78 is 0. The summed E-state index contributed by atoms with van der Waals surface area (Å²) in [7, 11) is 0. The molecule has 0 heterocycles. The molecule has 1 aliphatic rings.